The molecule has 0 amide bonds. The summed E-state index contributed by atoms with van der Waals surface area (Å²) < 4.78 is 28.4. The van der Waals surface area contributed by atoms with Crippen molar-refractivity contribution in [3.63, 3.8) is 0 Å². The Balaban J connectivity index is 2.26. The topological polar surface area (TPSA) is 135 Å². The monoisotopic (exact) mass is 433 g/mol. The summed E-state index contributed by atoms with van der Waals surface area (Å²) in [5, 5.41) is 7.56. The van der Waals surface area contributed by atoms with Crippen LogP contribution in [0.15, 0.2) is 100 Å². The normalized spacial score (nSPS) is 12.7. The fourth-order valence-electron chi connectivity index (χ4n) is 3.13. The molecule has 0 aliphatic rings. The van der Waals surface area contributed by atoms with E-state index >= 15 is 0 Å². The minimum atomic E-state index is -4.18. The molecule has 31 heavy (non-hydrogen) atoms. The molecular weight excluding hydrogens is 414 g/mol. The average molecular weight is 433 g/mol. The Morgan fingerprint density at radius 1 is 0.806 bits per heavy atom. The molecule has 3 rings (SSSR count). The summed E-state index contributed by atoms with van der Waals surface area (Å²) in [7, 11) is -4.18. The van der Waals surface area contributed by atoms with Gasteiger partial charge in [-0.3, -0.25) is 4.31 Å². The molecule has 0 saturated carbocycles. The lowest BCUT2D eigenvalue weighted by Gasteiger charge is -2.33. The molecule has 156 valence electrons. The number of hydrogen-bond acceptors (Lipinski definition) is 4. The van der Waals surface area contributed by atoms with Crippen LogP contribution in [0.1, 0.15) is 17.2 Å². The van der Waals surface area contributed by atoms with Crippen molar-refractivity contribution in [1.29, 1.82) is 0 Å². The van der Waals surface area contributed by atoms with Gasteiger partial charge in [0.15, 0.2) is 0 Å². The van der Waals surface area contributed by atoms with Crippen LogP contribution in [0.2, 0.25) is 0 Å². The van der Waals surface area contributed by atoms with Crippen LogP contribution >= 0.6 is 0 Å². The zero-order valence-corrected chi connectivity index (χ0v) is 17.4. The fourth-order valence-corrected chi connectivity index (χ4v) is 4.68. The number of anilines is 1. The van der Waals surface area contributed by atoms with E-state index in [1.807, 2.05) is 6.92 Å². The first-order valence-corrected chi connectivity index (χ1v) is 10.7. The summed E-state index contributed by atoms with van der Waals surface area (Å²) in [4.78, 5) is 5.77. The maximum atomic E-state index is 13.7. The minimum Gasteiger partial charge on any atom is -0.257 e. The quantitative estimate of drug-likeness (QED) is 0.249. The molecule has 0 aliphatic carbocycles. The maximum absolute atomic E-state index is 13.7. The second kappa shape index (κ2) is 9.69. The van der Waals surface area contributed by atoms with Gasteiger partial charge < -0.3 is 0 Å². The van der Waals surface area contributed by atoms with Gasteiger partial charge >= 0.3 is 0 Å². The zero-order chi connectivity index (χ0) is 22.3. The first-order chi connectivity index (χ1) is 15.0. The summed E-state index contributed by atoms with van der Waals surface area (Å²) in [5.74, 6) is 0. The Hall–Kier alpha value is -3.97. The average Bonchev–Trinajstić information content (AvgIpc) is 2.79. The highest BCUT2D eigenvalue weighted by Gasteiger charge is 2.36. The molecule has 0 fully saturated rings. The van der Waals surface area contributed by atoms with Crippen LogP contribution in [0.4, 0.5) is 5.69 Å². The highest BCUT2D eigenvalue weighted by Crippen LogP contribution is 2.34. The standard InChI is InChI=1S/C21H19N7O2S/c1-16-12-14-19(15-13-16)31(29,30)28(18-10-6-3-7-11-18)21(25-27-23)20(24-26-22)17-8-4-2-5-9-17/h2-15,20-21H,1H3/t20-,21+/m0/s1. The van der Waals surface area contributed by atoms with Crippen LogP contribution in [0.25, 0.3) is 20.9 Å². The van der Waals surface area contributed by atoms with Crippen molar-refractivity contribution in [1.82, 2.24) is 0 Å². The number of para-hydroxylation sites is 1. The third-order valence-electron chi connectivity index (χ3n) is 4.60. The maximum Gasteiger partial charge on any atom is 0.264 e. The number of hydrogen-bond donors (Lipinski definition) is 0. The van der Waals surface area contributed by atoms with E-state index in [9.17, 15) is 19.5 Å². The van der Waals surface area contributed by atoms with Gasteiger partial charge in [-0.15, -0.1) is 0 Å². The highest BCUT2D eigenvalue weighted by atomic mass is 32.2. The first kappa shape index (κ1) is 21.7. The fraction of sp³-hybridized carbons (Fsp3) is 0.143. The van der Waals surface area contributed by atoms with Gasteiger partial charge in [-0.2, -0.15) is 0 Å². The molecule has 0 spiro atoms. The smallest absolute Gasteiger partial charge is 0.257 e. The van der Waals surface area contributed by atoms with E-state index in [1.54, 1.807) is 72.8 Å². The number of azide groups is 2. The van der Waals surface area contributed by atoms with Crippen LogP contribution in [-0.2, 0) is 10.0 Å². The van der Waals surface area contributed by atoms with Crippen LogP contribution in [0.3, 0.4) is 0 Å². The van der Waals surface area contributed by atoms with Crippen molar-refractivity contribution in [2.75, 3.05) is 4.31 Å². The Bertz CT molecular complexity index is 1220. The zero-order valence-electron chi connectivity index (χ0n) is 16.6. The van der Waals surface area contributed by atoms with Gasteiger partial charge in [-0.05, 0) is 47.8 Å². The molecule has 0 bridgehead atoms. The van der Waals surface area contributed by atoms with E-state index in [-0.39, 0.29) is 10.6 Å². The van der Waals surface area contributed by atoms with E-state index in [0.717, 1.165) is 9.87 Å². The van der Waals surface area contributed by atoms with E-state index in [0.29, 0.717) is 5.56 Å². The van der Waals surface area contributed by atoms with Gasteiger partial charge in [0.2, 0.25) is 0 Å². The van der Waals surface area contributed by atoms with Crippen LogP contribution in [-0.4, -0.2) is 14.6 Å². The molecular formula is C21H19N7O2S. The number of benzene rings is 3. The summed E-state index contributed by atoms with van der Waals surface area (Å²) >= 11 is 0. The summed E-state index contributed by atoms with van der Waals surface area (Å²) in [6.45, 7) is 1.85. The molecule has 3 aromatic carbocycles. The van der Waals surface area contributed by atoms with Crippen LogP contribution in [0, 0.1) is 6.92 Å². The lowest BCUT2D eigenvalue weighted by Crippen LogP contribution is -2.42. The molecule has 9 nitrogen and oxygen atoms in total. The van der Waals surface area contributed by atoms with Gasteiger partial charge in [-0.1, -0.05) is 76.5 Å². The molecule has 0 N–H and O–H groups in total. The van der Waals surface area contributed by atoms with Crippen molar-refractivity contribution in [3.05, 3.63) is 117 Å². The van der Waals surface area contributed by atoms with Crippen molar-refractivity contribution in [2.45, 2.75) is 24.0 Å². The van der Waals surface area contributed by atoms with Gasteiger partial charge in [0.1, 0.15) is 6.17 Å². The molecule has 0 radical (unpaired) electrons. The van der Waals surface area contributed by atoms with Crippen molar-refractivity contribution in [2.24, 2.45) is 10.2 Å². The number of sulfonamides is 1. The van der Waals surface area contributed by atoms with Gasteiger partial charge in [-0.25, -0.2) is 8.42 Å². The lowest BCUT2D eigenvalue weighted by molar-refractivity contribution is 0.532. The van der Waals surface area contributed by atoms with Gasteiger partial charge in [0.05, 0.1) is 16.6 Å². The van der Waals surface area contributed by atoms with E-state index in [4.69, 9.17) is 0 Å². The number of rotatable bonds is 8. The molecule has 0 saturated heterocycles. The highest BCUT2D eigenvalue weighted by molar-refractivity contribution is 7.92. The number of nitrogens with zero attached hydrogens (tertiary/aromatic N) is 7. The summed E-state index contributed by atoms with van der Waals surface area (Å²) in [5.41, 5.74) is 20.1. The molecule has 3 aromatic rings. The largest absolute Gasteiger partial charge is 0.264 e. The van der Waals surface area contributed by atoms with Crippen LogP contribution < -0.4 is 4.31 Å². The summed E-state index contributed by atoms with van der Waals surface area (Å²) in [6, 6.07) is 22.1. The molecule has 10 heteroatoms. The van der Waals surface area contributed by atoms with E-state index in [2.05, 4.69) is 20.1 Å². The van der Waals surface area contributed by atoms with E-state index in [1.165, 1.54) is 12.1 Å². The number of aryl methyl sites for hydroxylation is 1. The second-order valence-electron chi connectivity index (χ2n) is 6.63. The Kier molecular flexibility index (Phi) is 6.79. The second-order valence-corrected chi connectivity index (χ2v) is 8.44. The third kappa shape index (κ3) is 4.79. The SMILES string of the molecule is Cc1ccc(S(=O)(=O)N(c2ccccc2)[C@@H](N=[N+]=[N-])[C@@H](N=[N+]=[N-])c2ccccc2)cc1. The Morgan fingerprint density at radius 3 is 1.90 bits per heavy atom. The van der Waals surface area contributed by atoms with Gasteiger partial charge in [0, 0.05) is 9.82 Å². The van der Waals surface area contributed by atoms with Crippen molar-refractivity contribution >= 4 is 15.7 Å². The Morgan fingerprint density at radius 2 is 1.35 bits per heavy atom. The molecule has 0 heterocycles. The molecule has 0 unspecified atom stereocenters. The van der Waals surface area contributed by atoms with E-state index < -0.39 is 22.2 Å². The molecule has 0 aliphatic heterocycles. The predicted molar refractivity (Wildman–Crippen MR) is 119 cm³/mol. The van der Waals surface area contributed by atoms with Gasteiger partial charge in [0.25, 0.3) is 10.0 Å². The van der Waals surface area contributed by atoms with Crippen molar-refractivity contribution in [3.8, 4) is 0 Å². The first-order valence-electron chi connectivity index (χ1n) is 9.28. The molecule has 2 atom stereocenters. The van der Waals surface area contributed by atoms with Crippen molar-refractivity contribution < 1.29 is 8.42 Å². The third-order valence-corrected chi connectivity index (χ3v) is 6.41. The summed E-state index contributed by atoms with van der Waals surface area (Å²) in [6.07, 6.45) is -1.38. The lowest BCUT2D eigenvalue weighted by atomic mass is 10.1. The Labute approximate surface area is 179 Å². The predicted octanol–water partition coefficient (Wildman–Crippen LogP) is 5.88. The molecule has 0 aromatic heterocycles. The minimum absolute atomic E-state index is 0.0211. The van der Waals surface area contributed by atoms with Crippen LogP contribution in [0.5, 0.6) is 0 Å².